The number of halogens is 2. The zero-order chi connectivity index (χ0) is 8.97. The highest BCUT2D eigenvalue weighted by atomic mass is 79.9. The molecule has 0 N–H and O–H groups in total. The molecule has 3 heteroatoms. The Kier molecular flexibility index (Phi) is 3.29. The Morgan fingerprint density at radius 1 is 1.50 bits per heavy atom. The van der Waals surface area contributed by atoms with E-state index in [2.05, 4.69) is 15.9 Å². The molecule has 0 atom stereocenters. The van der Waals surface area contributed by atoms with Crippen molar-refractivity contribution in [3.05, 3.63) is 34.6 Å². The molecule has 0 aliphatic heterocycles. The number of ether oxygens (including phenoxy) is 1. The van der Waals surface area contributed by atoms with Crippen LogP contribution < -0.4 is 4.74 Å². The average Bonchev–Trinajstić information content (AvgIpc) is 2.04. The zero-order valence-corrected chi connectivity index (χ0v) is 8.14. The van der Waals surface area contributed by atoms with Crippen molar-refractivity contribution in [2.75, 3.05) is 7.11 Å². The van der Waals surface area contributed by atoms with Gasteiger partial charge in [-0.2, -0.15) is 4.39 Å². The van der Waals surface area contributed by atoms with Crippen molar-refractivity contribution in [2.24, 2.45) is 0 Å². The number of methoxy groups -OCH3 is 1. The summed E-state index contributed by atoms with van der Waals surface area (Å²) in [7, 11) is 1.55. The molecule has 1 rings (SSSR count). The number of rotatable bonds is 2. The van der Waals surface area contributed by atoms with Gasteiger partial charge >= 0.3 is 0 Å². The van der Waals surface area contributed by atoms with E-state index in [9.17, 15) is 4.39 Å². The van der Waals surface area contributed by atoms with Crippen LogP contribution in [0.2, 0.25) is 0 Å². The van der Waals surface area contributed by atoms with E-state index in [0.717, 1.165) is 5.56 Å². The van der Waals surface area contributed by atoms with Gasteiger partial charge in [0, 0.05) is 5.56 Å². The summed E-state index contributed by atoms with van der Waals surface area (Å²) >= 11 is 2.71. The Balaban J connectivity index is 3.05. The lowest BCUT2D eigenvalue weighted by atomic mass is 10.2. The quantitative estimate of drug-likeness (QED) is 0.758. The molecule has 0 fully saturated rings. The predicted octanol–water partition coefficient (Wildman–Crippen LogP) is 3.36. The summed E-state index contributed by atoms with van der Waals surface area (Å²) in [5.74, 6) is 0.659. The van der Waals surface area contributed by atoms with Gasteiger partial charge in [-0.25, -0.2) is 0 Å². The Morgan fingerprint density at radius 3 is 2.75 bits per heavy atom. The first-order chi connectivity index (χ1) is 5.74. The number of benzene rings is 1. The van der Waals surface area contributed by atoms with Gasteiger partial charge in [-0.1, -0.05) is 18.2 Å². The minimum Gasteiger partial charge on any atom is -0.496 e. The van der Waals surface area contributed by atoms with E-state index in [1.807, 2.05) is 12.1 Å². The van der Waals surface area contributed by atoms with Crippen molar-refractivity contribution in [1.82, 2.24) is 0 Å². The van der Waals surface area contributed by atoms with Gasteiger partial charge < -0.3 is 4.74 Å². The molecule has 0 bridgehead atoms. The lowest BCUT2D eigenvalue weighted by molar-refractivity contribution is 0.414. The molecule has 0 aliphatic carbocycles. The topological polar surface area (TPSA) is 9.23 Å². The van der Waals surface area contributed by atoms with Crippen molar-refractivity contribution in [1.29, 1.82) is 0 Å². The van der Waals surface area contributed by atoms with Crippen LogP contribution in [0.5, 0.6) is 5.75 Å². The first kappa shape index (κ1) is 9.26. The van der Waals surface area contributed by atoms with E-state index in [-0.39, 0.29) is 0 Å². The summed E-state index contributed by atoms with van der Waals surface area (Å²) in [5.41, 5.74) is 0.717. The van der Waals surface area contributed by atoms with Gasteiger partial charge in [-0.05, 0) is 28.1 Å². The van der Waals surface area contributed by atoms with Gasteiger partial charge in [-0.3, -0.25) is 0 Å². The molecule has 1 nitrogen and oxygen atoms in total. The second kappa shape index (κ2) is 4.26. The Labute approximate surface area is 79.0 Å². The van der Waals surface area contributed by atoms with E-state index in [0.29, 0.717) is 5.75 Å². The van der Waals surface area contributed by atoms with Crippen molar-refractivity contribution in [3.63, 3.8) is 0 Å². The van der Waals surface area contributed by atoms with Crippen LogP contribution in [0.3, 0.4) is 0 Å². The Bertz CT molecular complexity index is 292. The van der Waals surface area contributed by atoms with E-state index in [1.165, 1.54) is 6.08 Å². The van der Waals surface area contributed by atoms with Crippen molar-refractivity contribution < 1.29 is 9.13 Å². The summed E-state index contributed by atoms with van der Waals surface area (Å²) in [6.07, 6.45) is 1.36. The monoisotopic (exact) mass is 230 g/mol. The van der Waals surface area contributed by atoms with Crippen LogP contribution in [0.1, 0.15) is 5.56 Å². The largest absolute Gasteiger partial charge is 0.496 e. The maximum Gasteiger partial charge on any atom is 0.166 e. The normalized spacial score (nSPS) is 11.4. The van der Waals surface area contributed by atoms with Gasteiger partial charge in [0.25, 0.3) is 0 Å². The molecule has 0 saturated carbocycles. The number of para-hydroxylation sites is 1. The maximum absolute atomic E-state index is 12.4. The summed E-state index contributed by atoms with van der Waals surface area (Å²) in [6, 6.07) is 7.22. The lowest BCUT2D eigenvalue weighted by Gasteiger charge is -2.02. The molecule has 1 aromatic carbocycles. The van der Waals surface area contributed by atoms with Gasteiger partial charge in [0.1, 0.15) is 5.75 Å². The van der Waals surface area contributed by atoms with E-state index >= 15 is 0 Å². The molecule has 0 saturated heterocycles. The molecule has 12 heavy (non-hydrogen) atoms. The molecule has 0 spiro atoms. The molecule has 0 unspecified atom stereocenters. The summed E-state index contributed by atoms with van der Waals surface area (Å²) in [6.45, 7) is 0. The van der Waals surface area contributed by atoms with Gasteiger partial charge in [0.05, 0.1) is 7.11 Å². The van der Waals surface area contributed by atoms with Crippen molar-refractivity contribution >= 4 is 22.0 Å². The van der Waals surface area contributed by atoms with E-state index in [1.54, 1.807) is 19.2 Å². The van der Waals surface area contributed by atoms with Crippen LogP contribution >= 0.6 is 15.9 Å². The first-order valence-corrected chi connectivity index (χ1v) is 4.19. The molecule has 0 amide bonds. The summed E-state index contributed by atoms with van der Waals surface area (Å²) in [4.78, 5) is 0. The van der Waals surface area contributed by atoms with Crippen LogP contribution in [0.15, 0.2) is 29.0 Å². The van der Waals surface area contributed by atoms with Gasteiger partial charge in [-0.15, -0.1) is 0 Å². The molecule has 1 aromatic rings. The summed E-state index contributed by atoms with van der Waals surface area (Å²) in [5, 5.41) is 0. The molecular formula is C9H8BrFO. The second-order valence-corrected chi connectivity index (χ2v) is 2.93. The standard InChI is InChI=1S/C9H8BrFO/c1-12-8-5-3-2-4-7(8)6-9(10)11/h2-6H,1H3/b9-6+. The third kappa shape index (κ3) is 2.34. The zero-order valence-electron chi connectivity index (χ0n) is 6.55. The SMILES string of the molecule is COc1ccccc1/C=C(/F)Br. The van der Waals surface area contributed by atoms with Crippen LogP contribution in [0, 0.1) is 0 Å². The third-order valence-electron chi connectivity index (χ3n) is 1.40. The van der Waals surface area contributed by atoms with Gasteiger partial charge in [0.15, 0.2) is 4.74 Å². The highest BCUT2D eigenvalue weighted by Gasteiger charge is 1.98. The molecule has 0 heterocycles. The van der Waals surface area contributed by atoms with Crippen molar-refractivity contribution in [3.8, 4) is 5.75 Å². The highest BCUT2D eigenvalue weighted by molar-refractivity contribution is 9.11. The van der Waals surface area contributed by atoms with E-state index in [4.69, 9.17) is 4.74 Å². The minimum atomic E-state index is -0.410. The Hall–Kier alpha value is -0.830. The first-order valence-electron chi connectivity index (χ1n) is 3.40. The van der Waals surface area contributed by atoms with Crippen LogP contribution in [0.25, 0.3) is 6.08 Å². The van der Waals surface area contributed by atoms with Crippen molar-refractivity contribution in [2.45, 2.75) is 0 Å². The molecule has 64 valence electrons. The fourth-order valence-electron chi connectivity index (χ4n) is 0.903. The van der Waals surface area contributed by atoms with Crippen LogP contribution in [-0.2, 0) is 0 Å². The molecule has 0 aromatic heterocycles. The molecular weight excluding hydrogens is 223 g/mol. The second-order valence-electron chi connectivity index (χ2n) is 2.18. The van der Waals surface area contributed by atoms with Gasteiger partial charge in [0.2, 0.25) is 0 Å². The molecule has 0 aliphatic rings. The molecule has 0 radical (unpaired) electrons. The predicted molar refractivity (Wildman–Crippen MR) is 51.0 cm³/mol. The Morgan fingerprint density at radius 2 is 2.17 bits per heavy atom. The maximum atomic E-state index is 12.4. The van der Waals surface area contributed by atoms with Crippen LogP contribution in [-0.4, -0.2) is 7.11 Å². The van der Waals surface area contributed by atoms with E-state index < -0.39 is 4.74 Å². The van der Waals surface area contributed by atoms with Crippen LogP contribution in [0.4, 0.5) is 4.39 Å². The lowest BCUT2D eigenvalue weighted by Crippen LogP contribution is -1.85. The minimum absolute atomic E-state index is 0.410. The number of hydrogen-bond donors (Lipinski definition) is 0. The third-order valence-corrected chi connectivity index (χ3v) is 1.63. The smallest absolute Gasteiger partial charge is 0.166 e. The fourth-order valence-corrected chi connectivity index (χ4v) is 1.15. The number of hydrogen-bond acceptors (Lipinski definition) is 1. The average molecular weight is 231 g/mol. The summed E-state index contributed by atoms with van der Waals surface area (Å²) < 4.78 is 17.0. The fraction of sp³-hybridized carbons (Fsp3) is 0.111. The highest BCUT2D eigenvalue weighted by Crippen LogP contribution is 2.22.